The molecule has 0 radical (unpaired) electrons. The van der Waals surface area contributed by atoms with Crippen LogP contribution in [-0.4, -0.2) is 22.6 Å². The third kappa shape index (κ3) is 2.46. The van der Waals surface area contributed by atoms with E-state index in [-0.39, 0.29) is 5.28 Å². The van der Waals surface area contributed by atoms with Gasteiger partial charge in [0, 0.05) is 12.6 Å². The largest absolute Gasteiger partial charge is 0.394 e. The highest BCUT2D eigenvalue weighted by atomic mass is 35.5. The Morgan fingerprint density at radius 3 is 2.88 bits per heavy atom. The molecule has 0 aromatic carbocycles. The van der Waals surface area contributed by atoms with E-state index in [0.29, 0.717) is 11.7 Å². The van der Waals surface area contributed by atoms with Gasteiger partial charge in [0.1, 0.15) is 0 Å². The zero-order chi connectivity index (χ0) is 12.4. The molecule has 94 valence electrons. The van der Waals surface area contributed by atoms with Crippen molar-refractivity contribution in [2.45, 2.75) is 45.6 Å². The molecule has 0 saturated carbocycles. The van der Waals surface area contributed by atoms with Gasteiger partial charge < -0.3 is 10.6 Å². The fraction of sp³-hybridized carbons (Fsp3) is 0.667. The number of halogens is 1. The minimum atomic E-state index is 0.284. The van der Waals surface area contributed by atoms with Gasteiger partial charge >= 0.3 is 0 Å². The molecule has 1 fully saturated rings. The van der Waals surface area contributed by atoms with E-state index in [9.17, 15) is 0 Å². The van der Waals surface area contributed by atoms with Gasteiger partial charge in [-0.3, -0.25) is 0 Å². The molecule has 1 atom stereocenters. The average Bonchev–Trinajstić information content (AvgIpc) is 2.33. The van der Waals surface area contributed by atoms with E-state index in [4.69, 9.17) is 17.3 Å². The van der Waals surface area contributed by atoms with Gasteiger partial charge in [0.15, 0.2) is 5.82 Å². The predicted octanol–water partition coefficient (Wildman–Crippen LogP) is 2.79. The van der Waals surface area contributed by atoms with Crippen molar-refractivity contribution >= 4 is 23.1 Å². The van der Waals surface area contributed by atoms with Gasteiger partial charge in [-0.05, 0) is 44.2 Å². The van der Waals surface area contributed by atoms with Crippen LogP contribution >= 0.6 is 11.6 Å². The summed E-state index contributed by atoms with van der Waals surface area (Å²) in [5.41, 5.74) is 7.50. The molecule has 2 N–H and O–H groups in total. The molecule has 4 nitrogen and oxygen atoms in total. The molecule has 1 saturated heterocycles. The molecule has 1 aromatic heterocycles. The SMILES string of the molecule is CCC1CCCCN1c1nc(Cl)nc(C)c1N. The zero-order valence-electron chi connectivity index (χ0n) is 10.4. The Balaban J connectivity index is 2.37. The van der Waals surface area contributed by atoms with Crippen LogP contribution in [0.1, 0.15) is 38.3 Å². The molecule has 5 heteroatoms. The Hall–Kier alpha value is -1.03. The summed E-state index contributed by atoms with van der Waals surface area (Å²) in [6.07, 6.45) is 4.79. The Bertz CT molecular complexity index is 408. The summed E-state index contributed by atoms with van der Waals surface area (Å²) < 4.78 is 0. The fourth-order valence-electron chi connectivity index (χ4n) is 2.46. The van der Waals surface area contributed by atoms with Crippen molar-refractivity contribution < 1.29 is 0 Å². The maximum Gasteiger partial charge on any atom is 0.224 e. The molecule has 17 heavy (non-hydrogen) atoms. The van der Waals surface area contributed by atoms with Gasteiger partial charge in [-0.2, -0.15) is 4.98 Å². The smallest absolute Gasteiger partial charge is 0.224 e. The van der Waals surface area contributed by atoms with Crippen molar-refractivity contribution in [3.63, 3.8) is 0 Å². The molecule has 1 aromatic rings. The van der Waals surface area contributed by atoms with Crippen LogP contribution in [0.2, 0.25) is 5.28 Å². The molecule has 0 amide bonds. The molecule has 0 spiro atoms. The van der Waals surface area contributed by atoms with Crippen molar-refractivity contribution in [3.05, 3.63) is 11.0 Å². The first kappa shape index (κ1) is 12.4. The summed E-state index contributed by atoms with van der Waals surface area (Å²) in [6.45, 7) is 5.08. The van der Waals surface area contributed by atoms with Gasteiger partial charge in [-0.25, -0.2) is 4.98 Å². The lowest BCUT2D eigenvalue weighted by atomic mass is 10.00. The van der Waals surface area contributed by atoms with E-state index in [0.717, 1.165) is 24.5 Å². The highest BCUT2D eigenvalue weighted by molar-refractivity contribution is 6.28. The summed E-state index contributed by atoms with van der Waals surface area (Å²) in [6, 6.07) is 0.524. The highest BCUT2D eigenvalue weighted by Gasteiger charge is 2.24. The van der Waals surface area contributed by atoms with Crippen LogP contribution in [0.4, 0.5) is 11.5 Å². The Kier molecular flexibility index (Phi) is 3.72. The zero-order valence-corrected chi connectivity index (χ0v) is 11.2. The van der Waals surface area contributed by atoms with Crippen LogP contribution < -0.4 is 10.6 Å². The van der Waals surface area contributed by atoms with E-state index >= 15 is 0 Å². The van der Waals surface area contributed by atoms with Crippen LogP contribution in [0, 0.1) is 6.92 Å². The van der Waals surface area contributed by atoms with Gasteiger partial charge in [0.25, 0.3) is 0 Å². The van der Waals surface area contributed by atoms with E-state index < -0.39 is 0 Å². The Labute approximate surface area is 107 Å². The van der Waals surface area contributed by atoms with Crippen molar-refractivity contribution in [2.24, 2.45) is 0 Å². The number of nitrogens with two attached hydrogens (primary N) is 1. The third-order valence-electron chi connectivity index (χ3n) is 3.46. The second-order valence-corrected chi connectivity index (χ2v) is 4.90. The lowest BCUT2D eigenvalue weighted by Crippen LogP contribution is -2.40. The Morgan fingerprint density at radius 1 is 1.41 bits per heavy atom. The van der Waals surface area contributed by atoms with E-state index in [2.05, 4.69) is 21.8 Å². The third-order valence-corrected chi connectivity index (χ3v) is 3.63. The molecule has 1 aliphatic heterocycles. The monoisotopic (exact) mass is 254 g/mol. The molecule has 2 rings (SSSR count). The molecular weight excluding hydrogens is 236 g/mol. The number of aryl methyl sites for hydroxylation is 1. The topological polar surface area (TPSA) is 55.0 Å². The number of rotatable bonds is 2. The predicted molar refractivity (Wildman–Crippen MR) is 71.5 cm³/mol. The first-order valence-corrected chi connectivity index (χ1v) is 6.57. The van der Waals surface area contributed by atoms with Crippen LogP contribution in [0.15, 0.2) is 0 Å². The van der Waals surface area contributed by atoms with Gasteiger partial charge in [-0.1, -0.05) is 6.92 Å². The molecule has 0 bridgehead atoms. The molecule has 1 unspecified atom stereocenters. The summed E-state index contributed by atoms with van der Waals surface area (Å²) >= 11 is 5.93. The molecule has 0 aliphatic carbocycles. The van der Waals surface area contributed by atoms with Crippen molar-refractivity contribution in [1.29, 1.82) is 0 Å². The van der Waals surface area contributed by atoms with Crippen molar-refractivity contribution in [2.75, 3.05) is 17.2 Å². The second kappa shape index (κ2) is 5.08. The fourth-order valence-corrected chi connectivity index (χ4v) is 2.66. The highest BCUT2D eigenvalue weighted by Crippen LogP contribution is 2.31. The van der Waals surface area contributed by atoms with E-state index in [1.54, 1.807) is 0 Å². The van der Waals surface area contributed by atoms with E-state index in [1.165, 1.54) is 19.3 Å². The lowest BCUT2D eigenvalue weighted by Gasteiger charge is -2.36. The number of hydrogen-bond acceptors (Lipinski definition) is 4. The normalized spacial score (nSPS) is 20.6. The van der Waals surface area contributed by atoms with Crippen LogP contribution in [-0.2, 0) is 0 Å². The number of hydrogen-bond donors (Lipinski definition) is 1. The van der Waals surface area contributed by atoms with Crippen molar-refractivity contribution in [1.82, 2.24) is 9.97 Å². The number of piperidine rings is 1. The van der Waals surface area contributed by atoms with Gasteiger partial charge in [-0.15, -0.1) is 0 Å². The Morgan fingerprint density at radius 2 is 2.18 bits per heavy atom. The summed E-state index contributed by atoms with van der Waals surface area (Å²) in [7, 11) is 0. The molecule has 1 aliphatic rings. The molecular formula is C12H19ClN4. The standard InChI is InChI=1S/C12H19ClN4/c1-3-9-6-4-5-7-17(9)11-10(14)8(2)15-12(13)16-11/h9H,3-7,14H2,1-2H3. The summed E-state index contributed by atoms with van der Waals surface area (Å²) in [4.78, 5) is 10.7. The van der Waals surface area contributed by atoms with Crippen LogP contribution in [0.3, 0.4) is 0 Å². The first-order chi connectivity index (χ1) is 8.13. The van der Waals surface area contributed by atoms with Crippen LogP contribution in [0.5, 0.6) is 0 Å². The number of nitrogen functional groups attached to an aromatic ring is 1. The number of aromatic nitrogens is 2. The minimum Gasteiger partial charge on any atom is -0.394 e. The van der Waals surface area contributed by atoms with E-state index in [1.807, 2.05) is 6.92 Å². The van der Waals surface area contributed by atoms with Crippen molar-refractivity contribution in [3.8, 4) is 0 Å². The number of nitrogens with zero attached hydrogens (tertiary/aromatic N) is 3. The quantitative estimate of drug-likeness (QED) is 0.825. The van der Waals surface area contributed by atoms with Crippen LogP contribution in [0.25, 0.3) is 0 Å². The summed E-state index contributed by atoms with van der Waals surface area (Å²) in [5.74, 6) is 0.814. The van der Waals surface area contributed by atoms with Gasteiger partial charge in [0.05, 0.1) is 11.4 Å². The minimum absolute atomic E-state index is 0.284. The maximum absolute atomic E-state index is 6.07. The maximum atomic E-state index is 6.07. The second-order valence-electron chi connectivity index (χ2n) is 4.57. The first-order valence-electron chi connectivity index (χ1n) is 6.19. The lowest BCUT2D eigenvalue weighted by molar-refractivity contribution is 0.447. The summed E-state index contributed by atoms with van der Waals surface area (Å²) in [5, 5.41) is 0.284. The number of anilines is 2. The van der Waals surface area contributed by atoms with Gasteiger partial charge in [0.2, 0.25) is 5.28 Å². The molecule has 2 heterocycles. The average molecular weight is 255 g/mol.